The summed E-state index contributed by atoms with van der Waals surface area (Å²) in [5.74, 6) is 1.18. The van der Waals surface area contributed by atoms with Crippen LogP contribution in [0.3, 0.4) is 0 Å². The van der Waals surface area contributed by atoms with Crippen molar-refractivity contribution in [1.82, 2.24) is 10.6 Å². The maximum Gasteiger partial charge on any atom is 0.407 e. The first-order chi connectivity index (χ1) is 16.8. The molecule has 2 aliphatic rings. The molecular weight excluding hydrogens is 468 g/mol. The van der Waals surface area contributed by atoms with Crippen LogP contribution in [0, 0.1) is 11.8 Å². The quantitative estimate of drug-likeness (QED) is 0.230. The minimum atomic E-state index is -0.445. The van der Waals surface area contributed by atoms with Crippen molar-refractivity contribution in [2.75, 3.05) is 13.2 Å². The van der Waals surface area contributed by atoms with Gasteiger partial charge in [0.25, 0.3) is 0 Å². The van der Waals surface area contributed by atoms with E-state index in [2.05, 4.69) is 20.4 Å². The second kappa shape index (κ2) is 16.3. The zero-order chi connectivity index (χ0) is 27.2. The molecule has 0 unspecified atom stereocenters. The lowest BCUT2D eigenvalue weighted by atomic mass is 9.84. The molecule has 0 aromatic rings. The summed E-state index contributed by atoms with van der Waals surface area (Å²) < 4.78 is 10.5. The molecule has 10 heteroatoms. The van der Waals surface area contributed by atoms with Gasteiger partial charge < -0.3 is 20.1 Å². The summed E-state index contributed by atoms with van der Waals surface area (Å²) in [6.07, 6.45) is 9.22. The van der Waals surface area contributed by atoms with E-state index < -0.39 is 11.2 Å². The highest BCUT2D eigenvalue weighted by Crippen LogP contribution is 2.28. The predicted molar refractivity (Wildman–Crippen MR) is 137 cm³/mol. The largest absolute Gasteiger partial charge is 0.444 e. The summed E-state index contributed by atoms with van der Waals surface area (Å²) in [6, 6.07) is 0.428. The van der Waals surface area contributed by atoms with Crippen molar-refractivity contribution in [1.29, 1.82) is 0 Å². The molecule has 0 saturated heterocycles. The fourth-order valence-electron chi connectivity index (χ4n) is 4.58. The third kappa shape index (κ3) is 16.2. The second-order valence-corrected chi connectivity index (χ2v) is 12.0. The minimum absolute atomic E-state index is 0.214. The standard InChI is InChI=1S/2C13H25NO4/c2*1-13(2,3)18-12(15)14-11-6-4-10(5-7-11)8-9-17-16/h2*10-11,16H,4-9H2,1-3H3,(H,14,15). The Labute approximate surface area is 216 Å². The van der Waals surface area contributed by atoms with Crippen LogP contribution < -0.4 is 10.6 Å². The van der Waals surface area contributed by atoms with Crippen molar-refractivity contribution in [3.63, 3.8) is 0 Å². The van der Waals surface area contributed by atoms with Crippen LogP contribution in [0.5, 0.6) is 0 Å². The number of hydrogen-bond acceptors (Lipinski definition) is 8. The molecule has 0 bridgehead atoms. The number of carbonyl (C=O) groups excluding carboxylic acids is 2. The van der Waals surface area contributed by atoms with Gasteiger partial charge in [-0.2, -0.15) is 0 Å². The molecule has 0 radical (unpaired) electrons. The van der Waals surface area contributed by atoms with Crippen LogP contribution in [0.1, 0.15) is 106 Å². The Hall–Kier alpha value is -1.62. The fraction of sp³-hybridized carbons (Fsp3) is 0.923. The van der Waals surface area contributed by atoms with Gasteiger partial charge in [0.2, 0.25) is 0 Å². The Balaban J connectivity index is 0.000000360. The maximum atomic E-state index is 11.6. The molecule has 0 spiro atoms. The monoisotopic (exact) mass is 518 g/mol. The van der Waals surface area contributed by atoms with Crippen LogP contribution in [0.25, 0.3) is 0 Å². The molecular formula is C26H50N2O8. The molecule has 0 aliphatic heterocycles. The molecule has 2 aliphatic carbocycles. The Morgan fingerprint density at radius 1 is 0.639 bits per heavy atom. The normalized spacial score (nSPS) is 24.7. The molecule has 0 atom stereocenters. The first-order valence-electron chi connectivity index (χ1n) is 13.3. The Morgan fingerprint density at radius 3 is 1.19 bits per heavy atom. The van der Waals surface area contributed by atoms with Crippen LogP contribution >= 0.6 is 0 Å². The Kier molecular flexibility index (Phi) is 14.6. The maximum absolute atomic E-state index is 11.6. The third-order valence-electron chi connectivity index (χ3n) is 6.37. The predicted octanol–water partition coefficient (Wildman–Crippen LogP) is 5.90. The van der Waals surface area contributed by atoms with Crippen LogP contribution in [0.4, 0.5) is 9.59 Å². The number of hydrogen-bond donors (Lipinski definition) is 4. The lowest BCUT2D eigenvalue weighted by Crippen LogP contribution is -2.41. The van der Waals surface area contributed by atoms with E-state index in [1.54, 1.807) is 0 Å². The number of nitrogens with one attached hydrogen (secondary N) is 2. The molecule has 2 fully saturated rings. The van der Waals surface area contributed by atoms with Crippen LogP contribution in [-0.4, -0.2) is 59.2 Å². The first-order valence-corrected chi connectivity index (χ1v) is 13.3. The smallest absolute Gasteiger partial charge is 0.407 e. The highest BCUT2D eigenvalue weighted by molar-refractivity contribution is 5.68. The van der Waals surface area contributed by atoms with Gasteiger partial charge >= 0.3 is 12.2 Å². The molecule has 2 saturated carbocycles. The first kappa shape index (κ1) is 32.4. The van der Waals surface area contributed by atoms with Gasteiger partial charge in [0.15, 0.2) is 0 Å². The van der Waals surface area contributed by atoms with Crippen molar-refractivity contribution in [3.05, 3.63) is 0 Å². The van der Waals surface area contributed by atoms with Gasteiger partial charge in [0.05, 0.1) is 13.2 Å². The summed E-state index contributed by atoms with van der Waals surface area (Å²) in [6.45, 7) is 12.0. The van der Waals surface area contributed by atoms with Crippen molar-refractivity contribution in [3.8, 4) is 0 Å². The summed E-state index contributed by atoms with van der Waals surface area (Å²) in [4.78, 5) is 31.4. The number of alkyl carbamates (subject to hydrolysis) is 2. The van der Waals surface area contributed by atoms with Gasteiger partial charge in [0, 0.05) is 12.1 Å². The SMILES string of the molecule is CC(C)(C)OC(=O)NC1CCC(CCOO)CC1.CC(C)(C)OC(=O)NC1CCC(CCOO)CC1. The van der Waals surface area contributed by atoms with E-state index in [-0.39, 0.29) is 24.3 Å². The average Bonchev–Trinajstić information content (AvgIpc) is 2.76. The summed E-state index contributed by atoms with van der Waals surface area (Å²) in [7, 11) is 0. The number of rotatable bonds is 8. The van der Waals surface area contributed by atoms with Crippen molar-refractivity contribution in [2.45, 2.75) is 129 Å². The molecule has 2 amide bonds. The van der Waals surface area contributed by atoms with Crippen molar-refractivity contribution < 1.29 is 39.4 Å². The number of amides is 2. The summed E-state index contributed by atoms with van der Waals surface area (Å²) >= 11 is 0. The lowest BCUT2D eigenvalue weighted by molar-refractivity contribution is -0.244. The molecule has 2 rings (SSSR count). The van der Waals surface area contributed by atoms with Gasteiger partial charge in [-0.15, -0.1) is 0 Å². The van der Waals surface area contributed by atoms with Gasteiger partial charge in [-0.25, -0.2) is 19.4 Å². The molecule has 36 heavy (non-hydrogen) atoms. The molecule has 0 aromatic heterocycles. The number of carbonyl (C=O) groups is 2. The van der Waals surface area contributed by atoms with Crippen LogP contribution in [-0.2, 0) is 19.2 Å². The van der Waals surface area contributed by atoms with Crippen LogP contribution in [0.2, 0.25) is 0 Å². The molecule has 0 aromatic carbocycles. The molecule has 10 nitrogen and oxygen atoms in total. The molecule has 212 valence electrons. The van der Waals surface area contributed by atoms with Gasteiger partial charge in [-0.1, -0.05) is 0 Å². The van der Waals surface area contributed by atoms with E-state index in [9.17, 15) is 9.59 Å². The third-order valence-corrected chi connectivity index (χ3v) is 6.37. The topological polar surface area (TPSA) is 136 Å². The van der Waals surface area contributed by atoms with Gasteiger partial charge in [-0.3, -0.25) is 10.5 Å². The number of ether oxygens (including phenoxy) is 2. The highest BCUT2D eigenvalue weighted by atomic mass is 17.1. The summed E-state index contributed by atoms with van der Waals surface area (Å²) in [5.41, 5.74) is -0.889. The van der Waals surface area contributed by atoms with E-state index in [0.717, 1.165) is 64.2 Å². The zero-order valence-electron chi connectivity index (χ0n) is 23.1. The second-order valence-electron chi connectivity index (χ2n) is 12.0. The van der Waals surface area contributed by atoms with E-state index >= 15 is 0 Å². The molecule has 0 heterocycles. The van der Waals surface area contributed by atoms with Crippen LogP contribution in [0.15, 0.2) is 0 Å². The van der Waals surface area contributed by atoms with E-state index in [1.807, 2.05) is 41.5 Å². The van der Waals surface area contributed by atoms with E-state index in [0.29, 0.717) is 25.0 Å². The van der Waals surface area contributed by atoms with E-state index in [1.165, 1.54) is 0 Å². The van der Waals surface area contributed by atoms with Crippen molar-refractivity contribution in [2.24, 2.45) is 11.8 Å². The Morgan fingerprint density at radius 2 is 0.944 bits per heavy atom. The lowest BCUT2D eigenvalue weighted by Gasteiger charge is -2.29. The summed E-state index contributed by atoms with van der Waals surface area (Å²) in [5, 5.41) is 22.4. The Bertz CT molecular complexity index is 562. The minimum Gasteiger partial charge on any atom is -0.444 e. The van der Waals surface area contributed by atoms with Gasteiger partial charge in [-0.05, 0) is 118 Å². The molecule has 4 N–H and O–H groups in total. The highest BCUT2D eigenvalue weighted by Gasteiger charge is 2.25. The van der Waals surface area contributed by atoms with Crippen molar-refractivity contribution >= 4 is 12.2 Å². The zero-order valence-corrected chi connectivity index (χ0v) is 23.1. The van der Waals surface area contributed by atoms with E-state index in [4.69, 9.17) is 20.0 Å². The fourth-order valence-corrected chi connectivity index (χ4v) is 4.58. The average molecular weight is 519 g/mol. The van der Waals surface area contributed by atoms with Gasteiger partial charge in [0.1, 0.15) is 11.2 Å².